The number of fused-ring (bicyclic) bond motifs is 1. The third kappa shape index (κ3) is 3.72. The molecule has 0 amide bonds. The van der Waals surface area contributed by atoms with E-state index in [-0.39, 0.29) is 17.6 Å². The van der Waals surface area contributed by atoms with Crippen molar-refractivity contribution in [2.24, 2.45) is 7.05 Å². The van der Waals surface area contributed by atoms with E-state index in [4.69, 9.17) is 9.47 Å². The molecule has 29 heavy (non-hydrogen) atoms. The molecule has 0 atom stereocenters. The molecular weight excluding hydrogens is 377 g/mol. The summed E-state index contributed by atoms with van der Waals surface area (Å²) in [6, 6.07) is 9.02. The lowest BCUT2D eigenvalue weighted by Gasteiger charge is -2.12. The topological polar surface area (TPSA) is 99.0 Å². The summed E-state index contributed by atoms with van der Waals surface area (Å²) in [5, 5.41) is 11.1. The van der Waals surface area contributed by atoms with Crippen LogP contribution in [0.5, 0.6) is 11.8 Å². The molecular formula is C19H18FN7O2. The van der Waals surface area contributed by atoms with Crippen molar-refractivity contribution in [3.8, 4) is 11.8 Å². The fraction of sp³-hybridized carbons (Fsp3) is 0.158. The van der Waals surface area contributed by atoms with Crippen LogP contribution in [-0.2, 0) is 7.05 Å². The lowest BCUT2D eigenvalue weighted by atomic mass is 10.2. The van der Waals surface area contributed by atoms with E-state index in [2.05, 4.69) is 30.7 Å². The number of ether oxygens (including phenoxy) is 2. The number of anilines is 4. The lowest BCUT2D eigenvalue weighted by Crippen LogP contribution is -2.05. The van der Waals surface area contributed by atoms with Gasteiger partial charge in [-0.15, -0.1) is 0 Å². The summed E-state index contributed by atoms with van der Waals surface area (Å²) < 4.78 is 26.4. The summed E-state index contributed by atoms with van der Waals surface area (Å²) >= 11 is 0. The number of aryl methyl sites for hydroxylation is 1. The predicted octanol–water partition coefficient (Wildman–Crippen LogP) is 3.40. The van der Waals surface area contributed by atoms with Gasteiger partial charge in [0.05, 0.1) is 32.1 Å². The monoisotopic (exact) mass is 395 g/mol. The maximum Gasteiger partial charge on any atom is 0.240 e. The van der Waals surface area contributed by atoms with Gasteiger partial charge in [-0.3, -0.25) is 4.68 Å². The summed E-state index contributed by atoms with van der Waals surface area (Å²) in [5.74, 6) is 0.228. The highest BCUT2D eigenvalue weighted by Gasteiger charge is 2.13. The number of methoxy groups -OCH3 is 2. The van der Waals surface area contributed by atoms with Crippen molar-refractivity contribution in [1.82, 2.24) is 24.7 Å². The van der Waals surface area contributed by atoms with E-state index in [1.165, 1.54) is 14.2 Å². The van der Waals surface area contributed by atoms with Crippen LogP contribution < -0.4 is 20.1 Å². The van der Waals surface area contributed by atoms with Gasteiger partial charge in [-0.05, 0) is 24.3 Å². The molecule has 9 nitrogen and oxygen atoms in total. The molecule has 0 aliphatic rings. The number of pyridine rings is 1. The Kier molecular flexibility index (Phi) is 4.82. The Morgan fingerprint density at radius 3 is 2.66 bits per heavy atom. The van der Waals surface area contributed by atoms with Gasteiger partial charge in [-0.2, -0.15) is 15.1 Å². The molecule has 4 rings (SSSR count). The maximum absolute atomic E-state index is 14.3. The normalized spacial score (nSPS) is 10.8. The molecule has 4 aromatic rings. The highest BCUT2D eigenvalue weighted by Crippen LogP contribution is 2.29. The number of hydrogen-bond donors (Lipinski definition) is 2. The van der Waals surface area contributed by atoms with Crippen LogP contribution in [0.25, 0.3) is 10.9 Å². The third-order valence-electron chi connectivity index (χ3n) is 4.24. The van der Waals surface area contributed by atoms with Gasteiger partial charge in [0.1, 0.15) is 5.69 Å². The fourth-order valence-electron chi connectivity index (χ4n) is 2.80. The largest absolute Gasteiger partial charge is 0.481 e. The second-order valence-corrected chi connectivity index (χ2v) is 6.09. The quantitative estimate of drug-likeness (QED) is 0.513. The molecule has 3 aromatic heterocycles. The van der Waals surface area contributed by atoms with Crippen molar-refractivity contribution in [2.75, 3.05) is 24.9 Å². The molecule has 2 N–H and O–H groups in total. The average Bonchev–Trinajstić information content (AvgIpc) is 3.11. The van der Waals surface area contributed by atoms with Crippen LogP contribution in [0, 0.1) is 5.82 Å². The first-order valence-electron chi connectivity index (χ1n) is 8.65. The molecule has 0 saturated carbocycles. The molecule has 3 heterocycles. The minimum Gasteiger partial charge on any atom is -0.481 e. The number of hydrogen-bond acceptors (Lipinski definition) is 8. The summed E-state index contributed by atoms with van der Waals surface area (Å²) in [6.07, 6.45) is 2.85. The first-order valence-corrected chi connectivity index (χ1v) is 8.65. The molecule has 0 radical (unpaired) electrons. The van der Waals surface area contributed by atoms with Gasteiger partial charge >= 0.3 is 0 Å². The van der Waals surface area contributed by atoms with Gasteiger partial charge in [0.2, 0.25) is 17.7 Å². The summed E-state index contributed by atoms with van der Waals surface area (Å²) in [5.41, 5.74) is 2.19. The molecule has 0 bridgehead atoms. The van der Waals surface area contributed by atoms with Gasteiger partial charge in [-0.25, -0.2) is 9.37 Å². The smallest absolute Gasteiger partial charge is 0.240 e. The van der Waals surface area contributed by atoms with E-state index in [0.29, 0.717) is 11.6 Å². The Bertz CT molecular complexity index is 1180. The van der Waals surface area contributed by atoms with Crippen molar-refractivity contribution >= 4 is 34.0 Å². The van der Waals surface area contributed by atoms with E-state index in [1.807, 2.05) is 25.2 Å². The molecule has 0 fully saturated rings. The van der Waals surface area contributed by atoms with Crippen molar-refractivity contribution in [2.45, 2.75) is 0 Å². The fourth-order valence-corrected chi connectivity index (χ4v) is 2.80. The maximum atomic E-state index is 14.3. The van der Waals surface area contributed by atoms with Gasteiger partial charge in [-0.1, -0.05) is 0 Å². The van der Waals surface area contributed by atoms with Crippen LogP contribution in [0.15, 0.2) is 42.7 Å². The van der Waals surface area contributed by atoms with Gasteiger partial charge in [0.15, 0.2) is 11.6 Å². The average molecular weight is 395 g/mol. The second-order valence-electron chi connectivity index (χ2n) is 6.09. The highest BCUT2D eigenvalue weighted by molar-refractivity contribution is 5.83. The second kappa shape index (κ2) is 7.58. The number of nitrogens with one attached hydrogen (secondary N) is 2. The van der Waals surface area contributed by atoms with Crippen molar-refractivity contribution in [1.29, 1.82) is 0 Å². The molecule has 0 spiro atoms. The van der Waals surface area contributed by atoms with Crippen LogP contribution in [0.2, 0.25) is 0 Å². The summed E-state index contributed by atoms with van der Waals surface area (Å²) in [7, 11) is 4.84. The Morgan fingerprint density at radius 1 is 1.00 bits per heavy atom. The van der Waals surface area contributed by atoms with E-state index >= 15 is 0 Å². The molecule has 10 heteroatoms. The van der Waals surface area contributed by atoms with Gasteiger partial charge < -0.3 is 20.1 Å². The number of aromatic nitrogens is 5. The number of nitrogens with zero attached hydrogens (tertiary/aromatic N) is 5. The molecule has 1 aromatic carbocycles. The highest BCUT2D eigenvalue weighted by atomic mass is 19.1. The van der Waals surface area contributed by atoms with Crippen molar-refractivity contribution in [3.63, 3.8) is 0 Å². The number of halogens is 1. The van der Waals surface area contributed by atoms with Gasteiger partial charge in [0, 0.05) is 24.2 Å². The van der Waals surface area contributed by atoms with Crippen molar-refractivity contribution < 1.29 is 13.9 Å². The summed E-state index contributed by atoms with van der Waals surface area (Å²) in [4.78, 5) is 12.4. The minimum atomic E-state index is -0.615. The van der Waals surface area contributed by atoms with Crippen LogP contribution in [-0.4, -0.2) is 39.0 Å². The van der Waals surface area contributed by atoms with Crippen LogP contribution in [0.1, 0.15) is 0 Å². The first-order chi connectivity index (χ1) is 14.1. The molecule has 0 unspecified atom stereocenters. The molecule has 148 valence electrons. The Labute approximate surface area is 165 Å². The SMILES string of the molecule is COc1ccc(Nc2nc(Nc3ccc4c(cnn4C)c3)ncc2F)c(OC)n1. The molecule has 0 aliphatic carbocycles. The Hall–Kier alpha value is -3.95. The third-order valence-corrected chi connectivity index (χ3v) is 4.24. The first kappa shape index (κ1) is 18.4. The van der Waals surface area contributed by atoms with E-state index < -0.39 is 5.82 Å². The van der Waals surface area contributed by atoms with E-state index in [9.17, 15) is 4.39 Å². The van der Waals surface area contributed by atoms with Gasteiger partial charge in [0.25, 0.3) is 0 Å². The lowest BCUT2D eigenvalue weighted by molar-refractivity contribution is 0.366. The molecule has 0 saturated heterocycles. The Morgan fingerprint density at radius 2 is 1.86 bits per heavy atom. The zero-order chi connectivity index (χ0) is 20.4. The van der Waals surface area contributed by atoms with Crippen LogP contribution in [0.3, 0.4) is 0 Å². The zero-order valence-corrected chi connectivity index (χ0v) is 16.0. The van der Waals surface area contributed by atoms with E-state index in [0.717, 1.165) is 22.8 Å². The molecule has 0 aliphatic heterocycles. The standard InChI is InChI=1S/C19H18FN7O2/c1-27-15-6-4-12(8-11(15)9-22-27)23-19-21-10-13(20)17(26-19)24-14-5-7-16(28-2)25-18(14)29-3/h4-10H,1-3H3,(H2,21,23,24,26). The summed E-state index contributed by atoms with van der Waals surface area (Å²) in [6.45, 7) is 0. The van der Waals surface area contributed by atoms with Crippen LogP contribution >= 0.6 is 0 Å². The Balaban J connectivity index is 1.60. The number of rotatable bonds is 6. The zero-order valence-electron chi connectivity index (χ0n) is 16.0. The number of benzene rings is 1. The minimum absolute atomic E-state index is 0.0183. The van der Waals surface area contributed by atoms with Crippen LogP contribution in [0.4, 0.5) is 27.5 Å². The van der Waals surface area contributed by atoms with Crippen molar-refractivity contribution in [3.05, 3.63) is 48.5 Å². The predicted molar refractivity (Wildman–Crippen MR) is 107 cm³/mol. The van der Waals surface area contributed by atoms with E-state index in [1.54, 1.807) is 23.0 Å².